The molecule has 1 aromatic heterocycles. The number of halogens is 1. The summed E-state index contributed by atoms with van der Waals surface area (Å²) < 4.78 is 4.73. The van der Waals surface area contributed by atoms with Gasteiger partial charge in [-0.2, -0.15) is 0 Å². The number of fused-ring (bicyclic) bond motifs is 1. The summed E-state index contributed by atoms with van der Waals surface area (Å²) in [6, 6.07) is 7.55. The number of aromatic nitrogens is 1. The van der Waals surface area contributed by atoms with E-state index in [-0.39, 0.29) is 11.8 Å². The van der Waals surface area contributed by atoms with Crippen LogP contribution in [-0.2, 0) is 10.6 Å². The lowest BCUT2D eigenvalue weighted by Gasteiger charge is -1.99. The number of rotatable bonds is 2. The van der Waals surface area contributed by atoms with Crippen molar-refractivity contribution in [1.29, 1.82) is 0 Å². The van der Waals surface area contributed by atoms with Crippen LogP contribution in [0.4, 0.5) is 0 Å². The summed E-state index contributed by atoms with van der Waals surface area (Å²) in [4.78, 5) is 14.7. The topological polar surface area (TPSA) is 42.1 Å². The third-order valence-electron chi connectivity index (χ3n) is 2.31. The third-order valence-corrected chi connectivity index (χ3v) is 2.57. The van der Waals surface area contributed by atoms with E-state index in [0.717, 1.165) is 10.9 Å². The minimum atomic E-state index is -0.358. The molecule has 1 N–H and O–H groups in total. The van der Waals surface area contributed by atoms with E-state index in [0.29, 0.717) is 11.3 Å². The average molecular weight is 224 g/mol. The Kier molecular flexibility index (Phi) is 2.64. The van der Waals surface area contributed by atoms with Gasteiger partial charge in [0, 0.05) is 16.6 Å². The molecule has 4 heteroatoms. The van der Waals surface area contributed by atoms with Crippen molar-refractivity contribution >= 4 is 28.5 Å². The maximum absolute atomic E-state index is 11.6. The molecule has 0 aliphatic rings. The van der Waals surface area contributed by atoms with Gasteiger partial charge in [-0.1, -0.05) is 18.2 Å². The van der Waals surface area contributed by atoms with Crippen molar-refractivity contribution in [2.24, 2.45) is 0 Å². The normalized spacial score (nSPS) is 10.5. The Bertz CT molecular complexity index is 504. The fraction of sp³-hybridized carbons (Fsp3) is 0.182. The van der Waals surface area contributed by atoms with Crippen molar-refractivity contribution in [3.05, 3.63) is 35.5 Å². The molecule has 0 aliphatic carbocycles. The largest absolute Gasteiger partial charge is 0.465 e. The third kappa shape index (κ3) is 1.59. The highest BCUT2D eigenvalue weighted by molar-refractivity contribution is 6.18. The van der Waals surface area contributed by atoms with Gasteiger partial charge in [0.05, 0.1) is 18.6 Å². The second-order valence-electron chi connectivity index (χ2n) is 3.15. The lowest BCUT2D eigenvalue weighted by Crippen LogP contribution is -2.03. The van der Waals surface area contributed by atoms with E-state index in [9.17, 15) is 4.79 Å². The van der Waals surface area contributed by atoms with Crippen LogP contribution in [0, 0.1) is 0 Å². The van der Waals surface area contributed by atoms with Crippen LogP contribution in [0.1, 0.15) is 16.1 Å². The number of hydrogen-bond donors (Lipinski definition) is 1. The predicted molar refractivity (Wildman–Crippen MR) is 59.2 cm³/mol. The first kappa shape index (κ1) is 10.1. The SMILES string of the molecule is COC(=O)c1c(CCl)[nH]c2ccccc12. The fourth-order valence-corrected chi connectivity index (χ4v) is 1.83. The number of aromatic amines is 1. The quantitative estimate of drug-likeness (QED) is 0.628. The molecule has 3 nitrogen and oxygen atoms in total. The minimum Gasteiger partial charge on any atom is -0.465 e. The van der Waals surface area contributed by atoms with Crippen LogP contribution in [0.5, 0.6) is 0 Å². The van der Waals surface area contributed by atoms with Crippen LogP contribution in [0.15, 0.2) is 24.3 Å². The van der Waals surface area contributed by atoms with Gasteiger partial charge in [-0.05, 0) is 6.07 Å². The molecule has 0 saturated carbocycles. The first-order valence-electron chi connectivity index (χ1n) is 4.51. The number of methoxy groups -OCH3 is 1. The van der Waals surface area contributed by atoms with Gasteiger partial charge in [-0.3, -0.25) is 0 Å². The van der Waals surface area contributed by atoms with Crippen LogP contribution in [0.25, 0.3) is 10.9 Å². The molecule has 78 valence electrons. The smallest absolute Gasteiger partial charge is 0.340 e. The van der Waals surface area contributed by atoms with Crippen LogP contribution in [0.3, 0.4) is 0 Å². The summed E-state index contributed by atoms with van der Waals surface area (Å²) in [5.41, 5.74) is 2.13. The summed E-state index contributed by atoms with van der Waals surface area (Å²) in [7, 11) is 1.36. The monoisotopic (exact) mass is 223 g/mol. The van der Waals surface area contributed by atoms with E-state index in [1.54, 1.807) is 0 Å². The highest BCUT2D eigenvalue weighted by atomic mass is 35.5. The average Bonchev–Trinajstić information content (AvgIpc) is 2.66. The Balaban J connectivity index is 2.72. The van der Waals surface area contributed by atoms with Crippen LogP contribution in [0.2, 0.25) is 0 Å². The number of carbonyl (C=O) groups is 1. The lowest BCUT2D eigenvalue weighted by atomic mass is 10.1. The number of nitrogens with one attached hydrogen (secondary N) is 1. The van der Waals surface area contributed by atoms with Crippen molar-refractivity contribution in [3.8, 4) is 0 Å². The van der Waals surface area contributed by atoms with E-state index >= 15 is 0 Å². The molecule has 15 heavy (non-hydrogen) atoms. The van der Waals surface area contributed by atoms with Gasteiger partial charge >= 0.3 is 5.97 Å². The molecule has 2 aromatic rings. The zero-order chi connectivity index (χ0) is 10.8. The van der Waals surface area contributed by atoms with Crippen LogP contribution >= 0.6 is 11.6 Å². The van der Waals surface area contributed by atoms with Gasteiger partial charge in [0.1, 0.15) is 0 Å². The molecule has 0 amide bonds. The van der Waals surface area contributed by atoms with E-state index in [4.69, 9.17) is 16.3 Å². The van der Waals surface area contributed by atoms with Gasteiger partial charge in [0.25, 0.3) is 0 Å². The molecule has 1 heterocycles. The molecular formula is C11H10ClNO2. The predicted octanol–water partition coefficient (Wildman–Crippen LogP) is 2.69. The van der Waals surface area contributed by atoms with Crippen molar-refractivity contribution in [2.45, 2.75) is 5.88 Å². The Morgan fingerprint density at radius 3 is 2.87 bits per heavy atom. The van der Waals surface area contributed by atoms with Gasteiger partial charge in [-0.15, -0.1) is 11.6 Å². The number of esters is 1. The number of H-pyrrole nitrogens is 1. The molecule has 1 aromatic carbocycles. The van der Waals surface area contributed by atoms with Crippen LogP contribution < -0.4 is 0 Å². The number of carbonyl (C=O) groups excluding carboxylic acids is 1. The standard InChI is InChI=1S/C11H10ClNO2/c1-15-11(14)10-7-4-2-3-5-8(7)13-9(10)6-12/h2-5,13H,6H2,1H3. The number of hydrogen-bond acceptors (Lipinski definition) is 2. The second-order valence-corrected chi connectivity index (χ2v) is 3.42. The van der Waals surface area contributed by atoms with E-state index < -0.39 is 0 Å². The highest BCUT2D eigenvalue weighted by Crippen LogP contribution is 2.24. The van der Waals surface area contributed by atoms with E-state index in [1.807, 2.05) is 24.3 Å². The zero-order valence-electron chi connectivity index (χ0n) is 8.21. The van der Waals surface area contributed by atoms with Crippen molar-refractivity contribution in [3.63, 3.8) is 0 Å². The van der Waals surface area contributed by atoms with Crippen molar-refractivity contribution < 1.29 is 9.53 Å². The van der Waals surface area contributed by atoms with Crippen molar-refractivity contribution in [1.82, 2.24) is 4.98 Å². The fourth-order valence-electron chi connectivity index (χ4n) is 1.63. The summed E-state index contributed by atoms with van der Waals surface area (Å²) in [6.07, 6.45) is 0. The first-order chi connectivity index (χ1) is 7.27. The molecule has 0 radical (unpaired) electrons. The Morgan fingerprint density at radius 2 is 2.20 bits per heavy atom. The number of benzene rings is 1. The Labute approximate surface area is 92.0 Å². The molecule has 2 rings (SSSR count). The maximum Gasteiger partial charge on any atom is 0.340 e. The molecule has 0 spiro atoms. The van der Waals surface area contributed by atoms with Gasteiger partial charge < -0.3 is 9.72 Å². The molecule has 0 fully saturated rings. The van der Waals surface area contributed by atoms with Gasteiger partial charge in [-0.25, -0.2) is 4.79 Å². The maximum atomic E-state index is 11.6. The molecule has 0 unspecified atom stereocenters. The molecular weight excluding hydrogens is 214 g/mol. The van der Waals surface area contributed by atoms with Gasteiger partial charge in [0.2, 0.25) is 0 Å². The summed E-state index contributed by atoms with van der Waals surface area (Å²) in [5, 5.41) is 0.847. The molecule has 0 saturated heterocycles. The molecule has 0 aliphatic heterocycles. The Hall–Kier alpha value is -1.48. The lowest BCUT2D eigenvalue weighted by molar-refractivity contribution is 0.0602. The van der Waals surface area contributed by atoms with E-state index in [2.05, 4.69) is 4.98 Å². The van der Waals surface area contributed by atoms with E-state index in [1.165, 1.54) is 7.11 Å². The number of ether oxygens (including phenoxy) is 1. The van der Waals surface area contributed by atoms with Crippen molar-refractivity contribution in [2.75, 3.05) is 7.11 Å². The summed E-state index contributed by atoms with van der Waals surface area (Å²) in [5.74, 6) is -0.0952. The summed E-state index contributed by atoms with van der Waals surface area (Å²) >= 11 is 5.77. The molecule has 0 bridgehead atoms. The number of para-hydroxylation sites is 1. The summed E-state index contributed by atoms with van der Waals surface area (Å²) in [6.45, 7) is 0. The first-order valence-corrected chi connectivity index (χ1v) is 5.05. The second kappa shape index (κ2) is 3.95. The zero-order valence-corrected chi connectivity index (χ0v) is 8.97. The minimum absolute atomic E-state index is 0.263. The molecule has 0 atom stereocenters. The number of alkyl halides is 1. The Morgan fingerprint density at radius 1 is 1.47 bits per heavy atom. The highest BCUT2D eigenvalue weighted by Gasteiger charge is 2.17. The van der Waals surface area contributed by atoms with Gasteiger partial charge in [0.15, 0.2) is 0 Å². The van der Waals surface area contributed by atoms with Crippen LogP contribution in [-0.4, -0.2) is 18.1 Å².